The molecule has 0 bridgehead atoms. The van der Waals surface area contributed by atoms with Gasteiger partial charge in [0.25, 0.3) is 0 Å². The van der Waals surface area contributed by atoms with E-state index >= 15 is 0 Å². The third-order valence-electron chi connectivity index (χ3n) is 4.60. The predicted octanol–water partition coefficient (Wildman–Crippen LogP) is 3.97. The van der Waals surface area contributed by atoms with Crippen molar-refractivity contribution in [3.8, 4) is 0 Å². The highest BCUT2D eigenvalue weighted by Crippen LogP contribution is 2.17. The second-order valence-electron chi connectivity index (χ2n) is 6.72. The molecular formula is C21H24N6O4. The summed E-state index contributed by atoms with van der Waals surface area (Å²) in [5, 5.41) is 20.8. The number of carbonyl (C=O) groups excluding carboxylic acids is 2. The maximum Gasteiger partial charge on any atom is 0.337 e. The summed E-state index contributed by atoms with van der Waals surface area (Å²) in [5.74, 6) is -0.769. The van der Waals surface area contributed by atoms with Gasteiger partial charge in [0, 0.05) is 13.1 Å². The van der Waals surface area contributed by atoms with Crippen molar-refractivity contribution in [2.24, 2.45) is 20.7 Å². The molecule has 0 amide bonds. The zero-order chi connectivity index (χ0) is 22.1. The average Bonchev–Trinajstić information content (AvgIpc) is 3.06. The van der Waals surface area contributed by atoms with Crippen LogP contribution in [0.1, 0.15) is 27.1 Å². The van der Waals surface area contributed by atoms with Crippen LogP contribution in [0.2, 0.25) is 0 Å². The summed E-state index contributed by atoms with van der Waals surface area (Å²) in [7, 11) is 2.69. The second-order valence-corrected chi connectivity index (χ2v) is 6.72. The molecule has 0 spiro atoms. The minimum absolute atomic E-state index is 0.385. The number of ether oxygens (including phenoxy) is 2. The Labute approximate surface area is 180 Å². The highest BCUT2D eigenvalue weighted by Gasteiger charge is 2.13. The van der Waals surface area contributed by atoms with Crippen LogP contribution in [0, 0.1) is 0 Å². The van der Waals surface area contributed by atoms with E-state index in [1.807, 2.05) is 10.0 Å². The molecule has 2 aromatic carbocycles. The zero-order valence-electron chi connectivity index (χ0n) is 17.5. The molecule has 0 atom stereocenters. The fourth-order valence-corrected chi connectivity index (χ4v) is 2.86. The molecule has 10 nitrogen and oxygen atoms in total. The van der Waals surface area contributed by atoms with E-state index in [2.05, 4.69) is 30.1 Å². The molecule has 0 unspecified atom stereocenters. The molecule has 10 heteroatoms. The van der Waals surface area contributed by atoms with Crippen molar-refractivity contribution in [2.45, 2.75) is 6.42 Å². The highest BCUT2D eigenvalue weighted by molar-refractivity contribution is 5.90. The number of nitrogens with zero attached hydrogens (tertiary/aromatic N) is 6. The molecule has 0 aliphatic carbocycles. The van der Waals surface area contributed by atoms with Crippen LogP contribution in [-0.2, 0) is 9.47 Å². The molecule has 0 aromatic heterocycles. The van der Waals surface area contributed by atoms with Crippen molar-refractivity contribution < 1.29 is 19.1 Å². The lowest BCUT2D eigenvalue weighted by molar-refractivity contribution is 0.0592. The minimum atomic E-state index is -0.385. The van der Waals surface area contributed by atoms with Crippen LogP contribution >= 0.6 is 0 Å². The lowest BCUT2D eigenvalue weighted by atomic mass is 10.2. The number of rotatable bonds is 6. The van der Waals surface area contributed by atoms with Crippen LogP contribution in [0.4, 0.5) is 11.4 Å². The van der Waals surface area contributed by atoms with Crippen LogP contribution in [0.5, 0.6) is 0 Å². The van der Waals surface area contributed by atoms with Gasteiger partial charge in [0.05, 0.1) is 49.8 Å². The molecule has 1 aliphatic rings. The van der Waals surface area contributed by atoms with E-state index in [1.165, 1.54) is 14.2 Å². The molecule has 0 saturated carbocycles. The molecule has 1 aliphatic heterocycles. The molecular weight excluding hydrogens is 400 g/mol. The predicted molar refractivity (Wildman–Crippen MR) is 112 cm³/mol. The van der Waals surface area contributed by atoms with Crippen LogP contribution in [-0.4, -0.2) is 62.4 Å². The molecule has 162 valence electrons. The zero-order valence-corrected chi connectivity index (χ0v) is 17.5. The third-order valence-corrected chi connectivity index (χ3v) is 4.60. The van der Waals surface area contributed by atoms with E-state index < -0.39 is 0 Å². The van der Waals surface area contributed by atoms with Gasteiger partial charge in [-0.3, -0.25) is 10.0 Å². The van der Waals surface area contributed by atoms with Crippen LogP contribution in [0.3, 0.4) is 0 Å². The number of hydrogen-bond donors (Lipinski definition) is 0. The molecule has 1 fully saturated rings. The van der Waals surface area contributed by atoms with Gasteiger partial charge in [0.15, 0.2) is 0 Å². The number of esters is 2. The Bertz CT molecular complexity index is 866. The Morgan fingerprint density at radius 2 is 1.06 bits per heavy atom. The lowest BCUT2D eigenvalue weighted by Gasteiger charge is -2.15. The summed E-state index contributed by atoms with van der Waals surface area (Å²) >= 11 is 0. The van der Waals surface area contributed by atoms with Crippen LogP contribution in [0.25, 0.3) is 0 Å². The Morgan fingerprint density at radius 3 is 1.42 bits per heavy atom. The van der Waals surface area contributed by atoms with E-state index in [4.69, 9.17) is 0 Å². The van der Waals surface area contributed by atoms with Gasteiger partial charge >= 0.3 is 11.9 Å². The summed E-state index contributed by atoms with van der Waals surface area (Å²) in [4.78, 5) is 22.9. The number of carbonyl (C=O) groups is 2. The topological polar surface area (TPSA) is 109 Å². The first-order valence-electron chi connectivity index (χ1n) is 9.79. The van der Waals surface area contributed by atoms with Crippen molar-refractivity contribution in [3.63, 3.8) is 0 Å². The van der Waals surface area contributed by atoms with E-state index in [0.29, 0.717) is 35.6 Å². The molecule has 31 heavy (non-hydrogen) atoms. The summed E-state index contributed by atoms with van der Waals surface area (Å²) < 4.78 is 9.36. The monoisotopic (exact) mass is 424 g/mol. The number of benzene rings is 2. The normalized spacial score (nSPS) is 14.6. The maximum absolute atomic E-state index is 11.5. The summed E-state index contributed by atoms with van der Waals surface area (Å²) in [6, 6.07) is 13.5. The third kappa shape index (κ3) is 6.33. The molecule has 0 radical (unpaired) electrons. The maximum atomic E-state index is 11.5. The largest absolute Gasteiger partial charge is 0.465 e. The van der Waals surface area contributed by atoms with Gasteiger partial charge in [-0.05, 0) is 55.0 Å². The average molecular weight is 424 g/mol. The summed E-state index contributed by atoms with van der Waals surface area (Å²) in [6.45, 7) is 2.82. The number of hydrogen-bond acceptors (Lipinski definition) is 8. The van der Waals surface area contributed by atoms with Gasteiger partial charge < -0.3 is 9.47 Å². The van der Waals surface area contributed by atoms with Crippen LogP contribution < -0.4 is 0 Å². The van der Waals surface area contributed by atoms with Crippen molar-refractivity contribution in [1.29, 1.82) is 0 Å². The lowest BCUT2D eigenvalue weighted by Crippen LogP contribution is -2.24. The minimum Gasteiger partial charge on any atom is -0.465 e. The van der Waals surface area contributed by atoms with E-state index in [-0.39, 0.29) is 11.9 Å². The first-order valence-corrected chi connectivity index (χ1v) is 9.79. The fraction of sp³-hybridized carbons (Fsp3) is 0.333. The Kier molecular flexibility index (Phi) is 7.63. The molecule has 3 rings (SSSR count). The van der Waals surface area contributed by atoms with Crippen molar-refractivity contribution in [2.75, 3.05) is 40.4 Å². The van der Waals surface area contributed by atoms with E-state index in [9.17, 15) is 9.59 Å². The molecule has 1 saturated heterocycles. The van der Waals surface area contributed by atoms with Gasteiger partial charge in [-0.1, -0.05) is 10.4 Å². The molecule has 0 N–H and O–H groups in total. The van der Waals surface area contributed by atoms with Gasteiger partial charge in [0.1, 0.15) is 0 Å². The highest BCUT2D eigenvalue weighted by atomic mass is 16.5. The summed E-state index contributed by atoms with van der Waals surface area (Å²) in [6.07, 6.45) is 0.862. The van der Waals surface area contributed by atoms with Gasteiger partial charge in [0.2, 0.25) is 0 Å². The number of methoxy groups -OCH3 is 2. The smallest absolute Gasteiger partial charge is 0.337 e. The van der Waals surface area contributed by atoms with Gasteiger partial charge in [-0.2, -0.15) is 0 Å². The molecule has 2 aromatic rings. The van der Waals surface area contributed by atoms with Gasteiger partial charge in [-0.15, -0.1) is 10.2 Å². The standard InChI is InChI=1S/C21H24N6O4/c1-30-20(28)16-4-8-18(9-5-16)22-24-26-12-3-13-27(15-14-26)25-23-19-10-6-17(7-11-19)21(29)31-2/h4-11H,3,12-15H2,1-2H3. The Morgan fingerprint density at radius 1 is 0.677 bits per heavy atom. The van der Waals surface area contributed by atoms with Crippen LogP contribution in [0.15, 0.2) is 69.2 Å². The second kappa shape index (κ2) is 10.8. The van der Waals surface area contributed by atoms with Crippen molar-refractivity contribution >= 4 is 23.3 Å². The Balaban J connectivity index is 1.52. The quantitative estimate of drug-likeness (QED) is 0.513. The first-order chi connectivity index (χ1) is 15.1. The SMILES string of the molecule is COC(=O)c1ccc(N=NN2CCCN(N=Nc3ccc(C(=O)OC)cc3)CC2)cc1. The first kappa shape index (κ1) is 21.9. The van der Waals surface area contributed by atoms with Crippen molar-refractivity contribution in [3.05, 3.63) is 59.7 Å². The van der Waals surface area contributed by atoms with Crippen molar-refractivity contribution in [1.82, 2.24) is 10.0 Å². The Hall–Kier alpha value is -3.82. The fourth-order valence-electron chi connectivity index (χ4n) is 2.86. The molecule has 1 heterocycles. The van der Waals surface area contributed by atoms with E-state index in [0.717, 1.165) is 19.5 Å². The van der Waals surface area contributed by atoms with E-state index in [1.54, 1.807) is 48.5 Å². The van der Waals surface area contributed by atoms with Gasteiger partial charge in [-0.25, -0.2) is 9.59 Å². The summed E-state index contributed by atoms with van der Waals surface area (Å²) in [5.41, 5.74) is 2.25.